The van der Waals surface area contributed by atoms with Gasteiger partial charge < -0.3 is 9.47 Å². The van der Waals surface area contributed by atoms with Gasteiger partial charge in [-0.25, -0.2) is 5.06 Å². The molecule has 0 N–H and O–H groups in total. The minimum Gasteiger partial charge on any atom is -0.497 e. The Hall–Kier alpha value is -2.98. The molecule has 27 heavy (non-hydrogen) atoms. The molecule has 0 amide bonds. The minimum atomic E-state index is -0.0109. The number of nitrogens with zero attached hydrogens (tertiary/aromatic N) is 1. The number of hydrogen-bond donors (Lipinski definition) is 0. The van der Waals surface area contributed by atoms with Crippen molar-refractivity contribution in [1.29, 1.82) is 0 Å². The SMILES string of the molecule is COc1ccc([C@H]2C[C@@H](c3ccc(OC)cc3)N(c3ccccc3)O2)cc1. The molecule has 1 heterocycles. The number of benzene rings is 3. The van der Waals surface area contributed by atoms with Gasteiger partial charge in [0, 0.05) is 6.42 Å². The highest BCUT2D eigenvalue weighted by atomic mass is 16.7. The molecule has 1 aliphatic heterocycles. The molecular weight excluding hydrogens is 338 g/mol. The average Bonchev–Trinajstić information content (AvgIpc) is 3.20. The third-order valence-electron chi connectivity index (χ3n) is 4.96. The zero-order valence-corrected chi connectivity index (χ0v) is 15.5. The smallest absolute Gasteiger partial charge is 0.118 e. The van der Waals surface area contributed by atoms with Gasteiger partial charge in [-0.3, -0.25) is 4.84 Å². The van der Waals surface area contributed by atoms with Crippen LogP contribution in [0.25, 0.3) is 0 Å². The van der Waals surface area contributed by atoms with Gasteiger partial charge in [-0.15, -0.1) is 0 Å². The molecule has 4 rings (SSSR count). The molecule has 1 fully saturated rings. The summed E-state index contributed by atoms with van der Waals surface area (Å²) in [7, 11) is 3.36. The van der Waals surface area contributed by atoms with Crippen LogP contribution in [0, 0.1) is 0 Å². The van der Waals surface area contributed by atoms with Crippen molar-refractivity contribution in [1.82, 2.24) is 0 Å². The summed E-state index contributed by atoms with van der Waals surface area (Å²) in [6, 6.07) is 26.7. The van der Waals surface area contributed by atoms with Gasteiger partial charge in [0.2, 0.25) is 0 Å². The second kappa shape index (κ2) is 7.72. The van der Waals surface area contributed by atoms with Crippen LogP contribution >= 0.6 is 0 Å². The lowest BCUT2D eigenvalue weighted by Crippen LogP contribution is -2.21. The van der Waals surface area contributed by atoms with Crippen molar-refractivity contribution in [2.24, 2.45) is 0 Å². The van der Waals surface area contributed by atoms with Gasteiger partial charge in [0.15, 0.2) is 0 Å². The van der Waals surface area contributed by atoms with Crippen LogP contribution in [-0.4, -0.2) is 14.2 Å². The van der Waals surface area contributed by atoms with Crippen molar-refractivity contribution in [2.45, 2.75) is 18.6 Å². The van der Waals surface area contributed by atoms with E-state index in [0.29, 0.717) is 0 Å². The van der Waals surface area contributed by atoms with Crippen molar-refractivity contribution in [3.05, 3.63) is 90.0 Å². The maximum atomic E-state index is 6.39. The molecule has 4 nitrogen and oxygen atoms in total. The van der Waals surface area contributed by atoms with Crippen molar-refractivity contribution >= 4 is 5.69 Å². The number of hydrogen-bond acceptors (Lipinski definition) is 4. The van der Waals surface area contributed by atoms with Gasteiger partial charge in [-0.05, 0) is 47.5 Å². The third kappa shape index (κ3) is 3.62. The Balaban J connectivity index is 1.65. The first-order chi connectivity index (χ1) is 13.3. The fraction of sp³-hybridized carbons (Fsp3) is 0.217. The molecule has 1 saturated heterocycles. The largest absolute Gasteiger partial charge is 0.497 e. The summed E-state index contributed by atoms with van der Waals surface area (Å²) >= 11 is 0. The Labute approximate surface area is 159 Å². The number of methoxy groups -OCH3 is 2. The first-order valence-electron chi connectivity index (χ1n) is 9.07. The summed E-state index contributed by atoms with van der Waals surface area (Å²) in [6.07, 6.45) is 0.858. The van der Waals surface area contributed by atoms with Gasteiger partial charge in [0.25, 0.3) is 0 Å². The van der Waals surface area contributed by atoms with Crippen LogP contribution in [-0.2, 0) is 4.84 Å². The Morgan fingerprint density at radius 3 is 1.85 bits per heavy atom. The maximum Gasteiger partial charge on any atom is 0.118 e. The Kier molecular flexibility index (Phi) is 4.99. The molecule has 0 radical (unpaired) electrons. The molecule has 1 aliphatic rings. The molecule has 4 heteroatoms. The summed E-state index contributed by atoms with van der Waals surface area (Å²) in [4.78, 5) is 6.39. The van der Waals surface area contributed by atoms with Crippen LogP contribution in [0.1, 0.15) is 29.7 Å². The molecule has 0 spiro atoms. The molecule has 0 bridgehead atoms. The van der Waals surface area contributed by atoms with Gasteiger partial charge in [0.05, 0.1) is 25.9 Å². The van der Waals surface area contributed by atoms with E-state index in [-0.39, 0.29) is 12.1 Å². The number of hydroxylamine groups is 1. The maximum absolute atomic E-state index is 6.39. The number of ether oxygens (including phenoxy) is 2. The fourth-order valence-corrected chi connectivity index (χ4v) is 3.48. The van der Waals surface area contributed by atoms with Gasteiger partial charge in [0.1, 0.15) is 17.6 Å². The molecule has 3 aromatic rings. The van der Waals surface area contributed by atoms with Gasteiger partial charge >= 0.3 is 0 Å². The molecule has 0 saturated carbocycles. The predicted molar refractivity (Wildman–Crippen MR) is 106 cm³/mol. The summed E-state index contributed by atoms with van der Waals surface area (Å²) < 4.78 is 10.6. The number of anilines is 1. The van der Waals surface area contributed by atoms with Gasteiger partial charge in [-0.2, -0.15) is 0 Å². The summed E-state index contributed by atoms with van der Waals surface area (Å²) in [5, 5.41) is 2.02. The van der Waals surface area contributed by atoms with E-state index in [4.69, 9.17) is 14.3 Å². The highest BCUT2D eigenvalue weighted by Gasteiger charge is 2.35. The normalized spacial score (nSPS) is 19.1. The van der Waals surface area contributed by atoms with Gasteiger partial charge in [-0.1, -0.05) is 42.5 Å². The van der Waals surface area contributed by atoms with Crippen molar-refractivity contribution < 1.29 is 14.3 Å². The average molecular weight is 361 g/mol. The summed E-state index contributed by atoms with van der Waals surface area (Å²) in [6.45, 7) is 0. The Morgan fingerprint density at radius 2 is 1.30 bits per heavy atom. The highest BCUT2D eigenvalue weighted by Crippen LogP contribution is 2.44. The molecule has 0 aliphatic carbocycles. The van der Waals surface area contributed by atoms with Crippen LogP contribution in [0.15, 0.2) is 78.9 Å². The van der Waals surface area contributed by atoms with E-state index in [1.54, 1.807) is 14.2 Å². The number of rotatable bonds is 5. The number of para-hydroxylation sites is 1. The van der Waals surface area contributed by atoms with Crippen LogP contribution < -0.4 is 14.5 Å². The molecule has 138 valence electrons. The van der Waals surface area contributed by atoms with E-state index in [2.05, 4.69) is 36.4 Å². The van der Waals surface area contributed by atoms with Crippen LogP contribution in [0.3, 0.4) is 0 Å². The summed E-state index contributed by atoms with van der Waals surface area (Å²) in [5.41, 5.74) is 3.40. The Morgan fingerprint density at radius 1 is 0.741 bits per heavy atom. The van der Waals surface area contributed by atoms with Crippen molar-refractivity contribution in [3.8, 4) is 11.5 Å². The molecule has 2 atom stereocenters. The molecule has 0 unspecified atom stereocenters. The summed E-state index contributed by atoms with van der Waals surface area (Å²) in [5.74, 6) is 1.71. The van der Waals surface area contributed by atoms with E-state index in [0.717, 1.165) is 29.2 Å². The highest BCUT2D eigenvalue weighted by molar-refractivity contribution is 5.48. The van der Waals surface area contributed by atoms with Crippen LogP contribution in [0.5, 0.6) is 11.5 Å². The van der Waals surface area contributed by atoms with E-state index < -0.39 is 0 Å². The van der Waals surface area contributed by atoms with E-state index in [9.17, 15) is 0 Å². The lowest BCUT2D eigenvalue weighted by Gasteiger charge is -2.25. The predicted octanol–water partition coefficient (Wildman–Crippen LogP) is 5.33. The Bertz CT molecular complexity index is 862. The zero-order chi connectivity index (χ0) is 18.6. The van der Waals surface area contributed by atoms with E-state index in [1.165, 1.54) is 5.56 Å². The van der Waals surface area contributed by atoms with E-state index in [1.807, 2.05) is 47.5 Å². The van der Waals surface area contributed by atoms with Crippen molar-refractivity contribution in [3.63, 3.8) is 0 Å². The topological polar surface area (TPSA) is 30.9 Å². The fourth-order valence-electron chi connectivity index (χ4n) is 3.48. The molecule has 3 aromatic carbocycles. The lowest BCUT2D eigenvalue weighted by molar-refractivity contribution is 0.0836. The lowest BCUT2D eigenvalue weighted by atomic mass is 9.97. The molecular formula is C23H23NO3. The monoisotopic (exact) mass is 361 g/mol. The van der Waals surface area contributed by atoms with Crippen molar-refractivity contribution in [2.75, 3.05) is 19.3 Å². The second-order valence-corrected chi connectivity index (χ2v) is 6.55. The quantitative estimate of drug-likeness (QED) is 0.615. The standard InChI is InChI=1S/C23H23NO3/c1-25-20-12-8-17(9-13-20)22-16-23(18-10-14-21(26-2)15-11-18)27-24(22)19-6-4-3-5-7-19/h3-15,22-23H,16H2,1-2H3/t22-,23+/m0/s1. The second-order valence-electron chi connectivity index (χ2n) is 6.55. The first-order valence-corrected chi connectivity index (χ1v) is 9.07. The molecule has 0 aromatic heterocycles. The van der Waals surface area contributed by atoms with E-state index >= 15 is 0 Å². The zero-order valence-electron chi connectivity index (χ0n) is 15.5. The minimum absolute atomic E-state index is 0.0109. The third-order valence-corrected chi connectivity index (χ3v) is 4.96. The van der Waals surface area contributed by atoms with Crippen LogP contribution in [0.2, 0.25) is 0 Å². The van der Waals surface area contributed by atoms with Crippen LogP contribution in [0.4, 0.5) is 5.69 Å². The first kappa shape index (κ1) is 17.4.